The largest absolute Gasteiger partial charge is 0.338 e. The summed E-state index contributed by atoms with van der Waals surface area (Å²) in [5, 5.41) is 6.69. The molecule has 106 valence electrons. The number of amides is 1. The number of aromatic nitrogens is 2. The highest BCUT2D eigenvalue weighted by Gasteiger charge is 2.14. The summed E-state index contributed by atoms with van der Waals surface area (Å²) in [6.45, 7) is 1.88. The first kappa shape index (κ1) is 14.3. The van der Waals surface area contributed by atoms with Gasteiger partial charge < -0.3 is 10.6 Å². The summed E-state index contributed by atoms with van der Waals surface area (Å²) in [5.74, 6) is 0.0894. The lowest BCUT2D eigenvalue weighted by Gasteiger charge is -2.22. The minimum Gasteiger partial charge on any atom is -0.338 e. The maximum atomic E-state index is 12.4. The fourth-order valence-electron chi connectivity index (χ4n) is 2.04. The van der Waals surface area contributed by atoms with Crippen molar-refractivity contribution in [3.05, 3.63) is 53.9 Å². The number of carbonyl (C=O) groups is 1. The van der Waals surface area contributed by atoms with Crippen LogP contribution in [0.25, 0.3) is 0 Å². The second-order valence-corrected chi connectivity index (χ2v) is 4.70. The number of benzene rings is 1. The lowest BCUT2D eigenvalue weighted by Crippen LogP contribution is -2.33. The quantitative estimate of drug-likeness (QED) is 0.798. The van der Waals surface area contributed by atoms with Crippen LogP contribution >= 0.6 is 0 Å². The Balaban J connectivity index is 2.00. The van der Waals surface area contributed by atoms with Crippen molar-refractivity contribution in [3.8, 4) is 0 Å². The smallest absolute Gasteiger partial charge is 0.228 e. The van der Waals surface area contributed by atoms with Gasteiger partial charge in [0.15, 0.2) is 0 Å². The molecule has 5 nitrogen and oxygen atoms in total. The van der Waals surface area contributed by atoms with Crippen LogP contribution in [0.1, 0.15) is 17.7 Å². The number of nitrogens with one attached hydrogen (secondary N) is 1. The van der Waals surface area contributed by atoms with Crippen LogP contribution in [0.2, 0.25) is 0 Å². The first-order valence-corrected chi connectivity index (χ1v) is 6.79. The molecule has 2 rings (SSSR count). The van der Waals surface area contributed by atoms with E-state index in [9.17, 15) is 4.79 Å². The van der Waals surface area contributed by atoms with Gasteiger partial charge in [0.1, 0.15) is 0 Å². The second kappa shape index (κ2) is 7.45. The molecule has 0 spiro atoms. The van der Waals surface area contributed by atoms with Crippen LogP contribution in [-0.2, 0) is 17.8 Å². The lowest BCUT2D eigenvalue weighted by atomic mass is 10.2. The van der Waals surface area contributed by atoms with Crippen LogP contribution in [0.15, 0.2) is 42.6 Å². The van der Waals surface area contributed by atoms with E-state index in [0.29, 0.717) is 26.1 Å². The highest BCUT2D eigenvalue weighted by Crippen LogP contribution is 2.07. The highest BCUT2D eigenvalue weighted by molar-refractivity contribution is 5.78. The van der Waals surface area contributed by atoms with Gasteiger partial charge >= 0.3 is 0 Å². The van der Waals surface area contributed by atoms with Crippen molar-refractivity contribution in [1.29, 1.82) is 0 Å². The Kier molecular flexibility index (Phi) is 5.32. The Labute approximate surface area is 118 Å². The highest BCUT2D eigenvalue weighted by atomic mass is 16.2. The number of hydrogen-bond acceptors (Lipinski definition) is 3. The number of aromatic amines is 1. The van der Waals surface area contributed by atoms with Crippen LogP contribution in [0.3, 0.4) is 0 Å². The van der Waals surface area contributed by atoms with E-state index in [4.69, 9.17) is 5.73 Å². The molecule has 2 aromatic rings. The van der Waals surface area contributed by atoms with E-state index >= 15 is 0 Å². The summed E-state index contributed by atoms with van der Waals surface area (Å²) in [6, 6.07) is 11.8. The van der Waals surface area contributed by atoms with Gasteiger partial charge in [-0.3, -0.25) is 9.89 Å². The normalized spacial score (nSPS) is 10.4. The number of nitrogens with zero attached hydrogens (tertiary/aromatic N) is 2. The topological polar surface area (TPSA) is 75.0 Å². The monoisotopic (exact) mass is 272 g/mol. The van der Waals surface area contributed by atoms with Crippen molar-refractivity contribution in [2.24, 2.45) is 5.73 Å². The molecule has 1 aromatic heterocycles. The zero-order valence-corrected chi connectivity index (χ0v) is 11.5. The first-order valence-electron chi connectivity index (χ1n) is 6.79. The SMILES string of the molecule is NCCCN(Cc1ccccc1)C(=O)Cc1ccn[nH]1. The zero-order chi connectivity index (χ0) is 14.2. The van der Waals surface area contributed by atoms with Gasteiger partial charge in [0, 0.05) is 25.0 Å². The van der Waals surface area contributed by atoms with E-state index in [1.165, 1.54) is 0 Å². The van der Waals surface area contributed by atoms with Crippen molar-refractivity contribution in [2.75, 3.05) is 13.1 Å². The summed E-state index contributed by atoms with van der Waals surface area (Å²) in [5.41, 5.74) is 7.51. The van der Waals surface area contributed by atoms with Crippen molar-refractivity contribution in [3.63, 3.8) is 0 Å². The summed E-state index contributed by atoms with van der Waals surface area (Å²) >= 11 is 0. The Morgan fingerprint density at radius 1 is 1.25 bits per heavy atom. The fraction of sp³-hybridized carbons (Fsp3) is 0.333. The van der Waals surface area contributed by atoms with Crippen molar-refractivity contribution in [1.82, 2.24) is 15.1 Å². The van der Waals surface area contributed by atoms with E-state index in [1.807, 2.05) is 41.3 Å². The van der Waals surface area contributed by atoms with E-state index in [0.717, 1.165) is 17.7 Å². The average Bonchev–Trinajstić information content (AvgIpc) is 2.97. The lowest BCUT2D eigenvalue weighted by molar-refractivity contribution is -0.131. The summed E-state index contributed by atoms with van der Waals surface area (Å²) in [7, 11) is 0. The van der Waals surface area contributed by atoms with Crippen molar-refractivity contribution < 1.29 is 4.79 Å². The molecule has 0 saturated carbocycles. The van der Waals surface area contributed by atoms with Gasteiger partial charge in [-0.2, -0.15) is 5.10 Å². The molecule has 1 aromatic carbocycles. The van der Waals surface area contributed by atoms with Gasteiger partial charge in [0.05, 0.1) is 6.42 Å². The molecule has 0 aliphatic carbocycles. The number of nitrogens with two attached hydrogens (primary N) is 1. The number of carbonyl (C=O) groups excluding carboxylic acids is 1. The Morgan fingerprint density at radius 2 is 2.05 bits per heavy atom. The van der Waals surface area contributed by atoms with E-state index < -0.39 is 0 Å². The van der Waals surface area contributed by atoms with Crippen LogP contribution < -0.4 is 5.73 Å². The average molecular weight is 272 g/mol. The molecule has 20 heavy (non-hydrogen) atoms. The van der Waals surface area contributed by atoms with Gasteiger partial charge in [0.2, 0.25) is 5.91 Å². The van der Waals surface area contributed by atoms with Crippen molar-refractivity contribution >= 4 is 5.91 Å². The van der Waals surface area contributed by atoms with Gasteiger partial charge in [-0.05, 0) is 24.6 Å². The second-order valence-electron chi connectivity index (χ2n) is 4.70. The molecule has 0 saturated heterocycles. The maximum Gasteiger partial charge on any atom is 0.228 e. The number of hydrogen-bond donors (Lipinski definition) is 2. The zero-order valence-electron chi connectivity index (χ0n) is 11.5. The molecular weight excluding hydrogens is 252 g/mol. The molecule has 1 heterocycles. The molecule has 0 unspecified atom stereocenters. The Morgan fingerprint density at radius 3 is 2.70 bits per heavy atom. The summed E-state index contributed by atoms with van der Waals surface area (Å²) in [4.78, 5) is 14.2. The molecule has 0 aliphatic rings. The van der Waals surface area contributed by atoms with Gasteiger partial charge in [0.25, 0.3) is 0 Å². The fourth-order valence-corrected chi connectivity index (χ4v) is 2.04. The first-order chi connectivity index (χ1) is 9.79. The molecule has 0 aliphatic heterocycles. The number of H-pyrrole nitrogens is 1. The molecule has 0 bridgehead atoms. The van der Waals surface area contributed by atoms with Gasteiger partial charge in [-0.15, -0.1) is 0 Å². The van der Waals surface area contributed by atoms with Crippen LogP contribution in [-0.4, -0.2) is 34.1 Å². The summed E-state index contributed by atoms with van der Waals surface area (Å²) in [6.07, 6.45) is 2.81. The minimum atomic E-state index is 0.0894. The third-order valence-electron chi connectivity index (χ3n) is 3.10. The third kappa shape index (κ3) is 4.20. The van der Waals surface area contributed by atoms with Gasteiger partial charge in [-0.25, -0.2) is 0 Å². The Hall–Kier alpha value is -2.14. The van der Waals surface area contributed by atoms with E-state index in [1.54, 1.807) is 6.20 Å². The molecular formula is C15H20N4O. The minimum absolute atomic E-state index is 0.0894. The molecule has 0 radical (unpaired) electrons. The van der Waals surface area contributed by atoms with E-state index in [2.05, 4.69) is 10.2 Å². The maximum absolute atomic E-state index is 12.4. The van der Waals surface area contributed by atoms with Gasteiger partial charge in [-0.1, -0.05) is 30.3 Å². The van der Waals surface area contributed by atoms with E-state index in [-0.39, 0.29) is 5.91 Å². The predicted molar refractivity (Wildman–Crippen MR) is 77.8 cm³/mol. The third-order valence-corrected chi connectivity index (χ3v) is 3.10. The van der Waals surface area contributed by atoms with Crippen LogP contribution in [0, 0.1) is 0 Å². The molecule has 0 atom stereocenters. The van der Waals surface area contributed by atoms with Crippen molar-refractivity contribution in [2.45, 2.75) is 19.4 Å². The predicted octanol–water partition coefficient (Wildman–Crippen LogP) is 1.33. The van der Waals surface area contributed by atoms with Crippen LogP contribution in [0.5, 0.6) is 0 Å². The Bertz CT molecular complexity index is 510. The molecule has 5 heteroatoms. The van der Waals surface area contributed by atoms with Crippen LogP contribution in [0.4, 0.5) is 0 Å². The number of rotatable bonds is 7. The standard InChI is InChI=1S/C15H20N4O/c16-8-4-10-19(12-13-5-2-1-3-6-13)15(20)11-14-7-9-17-18-14/h1-3,5-7,9H,4,8,10-12,16H2,(H,17,18). The molecule has 0 fully saturated rings. The molecule has 3 N–H and O–H groups in total. The molecule has 1 amide bonds. The summed E-state index contributed by atoms with van der Waals surface area (Å²) < 4.78 is 0.